The zero-order valence-electron chi connectivity index (χ0n) is 11.3. The molecule has 1 N–H and O–H groups in total. The first-order valence-corrected chi connectivity index (χ1v) is 6.95. The molecule has 0 saturated carbocycles. The molecule has 0 aromatic heterocycles. The third-order valence-corrected chi connectivity index (χ3v) is 3.37. The second kappa shape index (κ2) is 6.68. The van der Waals surface area contributed by atoms with Gasteiger partial charge in [-0.25, -0.2) is 4.79 Å². The molecular weight excluding hydrogens is 356 g/mol. The third kappa shape index (κ3) is 4.53. The maximum Gasteiger partial charge on any atom is 0.416 e. The summed E-state index contributed by atoms with van der Waals surface area (Å²) in [4.78, 5) is 10.9. The van der Waals surface area contributed by atoms with Crippen molar-refractivity contribution in [3.05, 3.63) is 63.1 Å². The van der Waals surface area contributed by atoms with E-state index in [1.54, 1.807) is 0 Å². The van der Waals surface area contributed by atoms with E-state index >= 15 is 0 Å². The van der Waals surface area contributed by atoms with Gasteiger partial charge >= 0.3 is 12.1 Å². The number of ether oxygens (including phenoxy) is 1. The van der Waals surface area contributed by atoms with Gasteiger partial charge in [0.1, 0.15) is 12.4 Å². The summed E-state index contributed by atoms with van der Waals surface area (Å²) in [5.41, 5.74) is -0.453. The Morgan fingerprint density at radius 3 is 2.39 bits per heavy atom. The van der Waals surface area contributed by atoms with Gasteiger partial charge in [-0.2, -0.15) is 13.2 Å². The minimum absolute atomic E-state index is 0.0189. The number of rotatable bonds is 4. The number of alkyl halides is 3. The van der Waals surface area contributed by atoms with Crippen LogP contribution in [0.2, 0.25) is 10.0 Å². The molecule has 0 atom stereocenters. The number of carboxylic acid groups (broad SMARTS) is 1. The van der Waals surface area contributed by atoms with Gasteiger partial charge in [-0.3, -0.25) is 0 Å². The van der Waals surface area contributed by atoms with Crippen LogP contribution in [0.15, 0.2) is 36.4 Å². The Labute approximate surface area is 139 Å². The summed E-state index contributed by atoms with van der Waals surface area (Å²) in [5.74, 6) is -1.10. The summed E-state index contributed by atoms with van der Waals surface area (Å²) >= 11 is 11.6. The van der Waals surface area contributed by atoms with E-state index in [0.29, 0.717) is 5.56 Å². The average molecular weight is 365 g/mol. The lowest BCUT2D eigenvalue weighted by Gasteiger charge is -2.12. The molecule has 2 rings (SSSR count). The molecule has 2 aromatic rings. The van der Waals surface area contributed by atoms with Gasteiger partial charge in [-0.1, -0.05) is 23.2 Å². The van der Waals surface area contributed by atoms with E-state index in [4.69, 9.17) is 33.0 Å². The van der Waals surface area contributed by atoms with Crippen LogP contribution >= 0.6 is 23.2 Å². The first-order chi connectivity index (χ1) is 10.7. The molecule has 0 saturated heterocycles. The average Bonchev–Trinajstić information content (AvgIpc) is 2.44. The molecule has 8 heteroatoms. The molecule has 2 aromatic carbocycles. The van der Waals surface area contributed by atoms with Crippen molar-refractivity contribution in [2.45, 2.75) is 12.8 Å². The highest BCUT2D eigenvalue weighted by Gasteiger charge is 2.31. The fraction of sp³-hybridized carbons (Fsp3) is 0.133. The molecule has 0 radical (unpaired) electrons. The van der Waals surface area contributed by atoms with Gasteiger partial charge in [-0.05, 0) is 42.0 Å². The normalized spacial score (nSPS) is 11.3. The molecule has 23 heavy (non-hydrogen) atoms. The van der Waals surface area contributed by atoms with Crippen molar-refractivity contribution >= 4 is 29.2 Å². The Morgan fingerprint density at radius 1 is 1.13 bits per heavy atom. The quantitative estimate of drug-likeness (QED) is 0.801. The second-order valence-corrected chi connectivity index (χ2v) is 5.43. The summed E-state index contributed by atoms with van der Waals surface area (Å²) in [6, 6.07) is 6.84. The first-order valence-electron chi connectivity index (χ1n) is 6.19. The Hall–Kier alpha value is -1.92. The number of hydrogen-bond donors (Lipinski definition) is 1. The van der Waals surface area contributed by atoms with Crippen LogP contribution in [0.25, 0.3) is 0 Å². The molecule has 0 aliphatic heterocycles. The molecule has 122 valence electrons. The molecule has 0 amide bonds. The van der Waals surface area contributed by atoms with E-state index in [2.05, 4.69) is 0 Å². The van der Waals surface area contributed by atoms with E-state index in [1.165, 1.54) is 18.2 Å². The molecule has 0 aliphatic carbocycles. The monoisotopic (exact) mass is 364 g/mol. The molecular formula is C15H9Cl2F3O3. The van der Waals surface area contributed by atoms with E-state index in [1.807, 2.05) is 0 Å². The van der Waals surface area contributed by atoms with Crippen LogP contribution in [0.1, 0.15) is 21.5 Å². The highest BCUT2D eigenvalue weighted by Crippen LogP contribution is 2.35. The minimum Gasteiger partial charge on any atom is -0.487 e. The largest absolute Gasteiger partial charge is 0.487 e. The van der Waals surface area contributed by atoms with Crippen molar-refractivity contribution in [3.63, 3.8) is 0 Å². The van der Waals surface area contributed by atoms with Crippen LogP contribution < -0.4 is 4.74 Å². The first kappa shape index (κ1) is 17.4. The van der Waals surface area contributed by atoms with Crippen molar-refractivity contribution in [3.8, 4) is 5.75 Å². The zero-order chi connectivity index (χ0) is 17.2. The van der Waals surface area contributed by atoms with Crippen LogP contribution in [-0.4, -0.2) is 11.1 Å². The lowest BCUT2D eigenvalue weighted by atomic mass is 10.1. The summed E-state index contributed by atoms with van der Waals surface area (Å²) < 4.78 is 43.0. The molecule has 0 unspecified atom stereocenters. The van der Waals surface area contributed by atoms with Crippen molar-refractivity contribution in [2.24, 2.45) is 0 Å². The molecule has 0 bridgehead atoms. The Balaban J connectivity index is 2.17. The van der Waals surface area contributed by atoms with Crippen LogP contribution in [-0.2, 0) is 12.8 Å². The SMILES string of the molecule is O=C(O)c1cc(Cl)cc(COc2ccc(C(F)(F)F)cc2Cl)c1. The number of benzene rings is 2. The standard InChI is InChI=1S/C15H9Cl2F3O3/c16-11-4-8(3-9(5-11)14(21)22)7-23-13-2-1-10(6-12(13)17)15(18,19)20/h1-6H,7H2,(H,21,22). The maximum atomic E-state index is 12.5. The third-order valence-electron chi connectivity index (χ3n) is 2.86. The predicted molar refractivity (Wildman–Crippen MR) is 79.2 cm³/mol. The highest BCUT2D eigenvalue weighted by atomic mass is 35.5. The van der Waals surface area contributed by atoms with E-state index in [0.717, 1.165) is 18.2 Å². The van der Waals surface area contributed by atoms with Crippen molar-refractivity contribution in [2.75, 3.05) is 0 Å². The predicted octanol–water partition coefficient (Wildman–Crippen LogP) is 5.29. The highest BCUT2D eigenvalue weighted by molar-refractivity contribution is 6.32. The summed E-state index contributed by atoms with van der Waals surface area (Å²) in [7, 11) is 0. The zero-order valence-corrected chi connectivity index (χ0v) is 12.8. The number of carboxylic acids is 1. The van der Waals surface area contributed by atoms with Crippen molar-refractivity contribution < 1.29 is 27.8 Å². The van der Waals surface area contributed by atoms with E-state index < -0.39 is 17.7 Å². The minimum atomic E-state index is -4.49. The molecule has 0 fully saturated rings. The Kier molecular flexibility index (Phi) is 5.06. The lowest BCUT2D eigenvalue weighted by Crippen LogP contribution is -2.05. The summed E-state index contributed by atoms with van der Waals surface area (Å²) in [5, 5.41) is 8.96. The lowest BCUT2D eigenvalue weighted by molar-refractivity contribution is -0.137. The topological polar surface area (TPSA) is 46.5 Å². The Morgan fingerprint density at radius 2 is 1.83 bits per heavy atom. The van der Waals surface area contributed by atoms with Crippen LogP contribution in [0.4, 0.5) is 13.2 Å². The fourth-order valence-corrected chi connectivity index (χ4v) is 2.31. The summed E-state index contributed by atoms with van der Waals surface area (Å²) in [6.45, 7) is -0.0913. The van der Waals surface area contributed by atoms with Gasteiger partial charge in [0.25, 0.3) is 0 Å². The van der Waals surface area contributed by atoms with E-state index in [9.17, 15) is 18.0 Å². The summed E-state index contributed by atoms with van der Waals surface area (Å²) in [6.07, 6.45) is -4.49. The number of halogens is 5. The van der Waals surface area contributed by atoms with Gasteiger partial charge in [-0.15, -0.1) is 0 Å². The van der Waals surface area contributed by atoms with Gasteiger partial charge in [0.2, 0.25) is 0 Å². The van der Waals surface area contributed by atoms with E-state index in [-0.39, 0.29) is 28.0 Å². The van der Waals surface area contributed by atoms with Crippen LogP contribution in [0, 0.1) is 0 Å². The number of hydrogen-bond acceptors (Lipinski definition) is 2. The molecule has 0 spiro atoms. The van der Waals surface area contributed by atoms with Gasteiger partial charge in [0.15, 0.2) is 0 Å². The molecule has 0 aliphatic rings. The maximum absolute atomic E-state index is 12.5. The van der Waals surface area contributed by atoms with Gasteiger partial charge < -0.3 is 9.84 Å². The van der Waals surface area contributed by atoms with Gasteiger partial charge in [0.05, 0.1) is 16.1 Å². The van der Waals surface area contributed by atoms with Crippen LogP contribution in [0.5, 0.6) is 5.75 Å². The number of aromatic carboxylic acids is 1. The van der Waals surface area contributed by atoms with Gasteiger partial charge in [0, 0.05) is 5.02 Å². The fourth-order valence-electron chi connectivity index (χ4n) is 1.81. The van der Waals surface area contributed by atoms with Crippen molar-refractivity contribution in [1.82, 2.24) is 0 Å². The van der Waals surface area contributed by atoms with Crippen molar-refractivity contribution in [1.29, 1.82) is 0 Å². The Bertz CT molecular complexity index is 745. The van der Waals surface area contributed by atoms with Crippen LogP contribution in [0.3, 0.4) is 0 Å². The number of carbonyl (C=O) groups is 1. The molecule has 0 heterocycles. The smallest absolute Gasteiger partial charge is 0.416 e. The molecule has 3 nitrogen and oxygen atoms in total. The second-order valence-electron chi connectivity index (χ2n) is 4.58.